The van der Waals surface area contributed by atoms with Gasteiger partial charge in [0.2, 0.25) is 0 Å². The molecule has 0 bridgehead atoms. The number of hydrogen-bond donors (Lipinski definition) is 1. The fourth-order valence-corrected chi connectivity index (χ4v) is 4.01. The van der Waals surface area contributed by atoms with E-state index in [0.717, 1.165) is 6.54 Å². The Morgan fingerprint density at radius 2 is 1.52 bits per heavy atom. The normalized spacial score (nSPS) is 13.2. The molecule has 0 amide bonds. The molecule has 0 fully saturated rings. The fraction of sp³-hybridized carbons (Fsp3) is 0.158. The van der Waals surface area contributed by atoms with Gasteiger partial charge in [0.25, 0.3) is 0 Å². The van der Waals surface area contributed by atoms with Gasteiger partial charge in [0, 0.05) is 11.4 Å². The third-order valence-corrected chi connectivity index (χ3v) is 5.29. The minimum atomic E-state index is 0.305. The van der Waals surface area contributed by atoms with E-state index in [1.54, 1.807) is 0 Å². The molecule has 104 valence electrons. The maximum Gasteiger partial charge on any atom is 0.0591 e. The second-order valence-corrected chi connectivity index (χ2v) is 6.52. The highest BCUT2D eigenvalue weighted by molar-refractivity contribution is 7.10. The number of rotatable bonds is 3. The highest BCUT2D eigenvalue weighted by atomic mass is 32.1. The van der Waals surface area contributed by atoms with Crippen LogP contribution >= 0.6 is 11.3 Å². The van der Waals surface area contributed by atoms with Gasteiger partial charge in [-0.1, -0.05) is 48.5 Å². The third-order valence-electron chi connectivity index (χ3n) is 4.27. The van der Waals surface area contributed by atoms with E-state index in [4.69, 9.17) is 0 Å². The largest absolute Gasteiger partial charge is 0.301 e. The highest BCUT2D eigenvalue weighted by Crippen LogP contribution is 2.43. The smallest absolute Gasteiger partial charge is 0.0591 e. The summed E-state index contributed by atoms with van der Waals surface area (Å²) < 4.78 is 0. The Labute approximate surface area is 129 Å². The van der Waals surface area contributed by atoms with Crippen LogP contribution in [0.15, 0.2) is 60.0 Å². The van der Waals surface area contributed by atoms with Gasteiger partial charge in [0.15, 0.2) is 0 Å². The van der Waals surface area contributed by atoms with E-state index in [9.17, 15) is 0 Å². The Hall–Kier alpha value is -1.90. The molecule has 0 saturated carbocycles. The molecule has 2 heteroatoms. The van der Waals surface area contributed by atoms with Crippen molar-refractivity contribution >= 4 is 11.3 Å². The molecular weight excluding hydrogens is 274 g/mol. The zero-order chi connectivity index (χ0) is 14.2. The number of fused-ring (bicyclic) bond motifs is 3. The number of nitrogens with one attached hydrogen (secondary N) is 1. The minimum absolute atomic E-state index is 0.305. The summed E-state index contributed by atoms with van der Waals surface area (Å²) in [4.78, 5) is 1.43. The van der Waals surface area contributed by atoms with Crippen LogP contribution in [0.4, 0.5) is 0 Å². The van der Waals surface area contributed by atoms with E-state index < -0.39 is 0 Å². The van der Waals surface area contributed by atoms with E-state index in [-0.39, 0.29) is 0 Å². The Kier molecular flexibility index (Phi) is 3.13. The van der Waals surface area contributed by atoms with Crippen molar-refractivity contribution in [3.8, 4) is 11.1 Å². The molecule has 3 aromatic rings. The summed E-state index contributed by atoms with van der Waals surface area (Å²) in [5.74, 6) is 0. The Balaban J connectivity index is 1.70. The van der Waals surface area contributed by atoms with Crippen LogP contribution in [-0.2, 0) is 6.54 Å². The van der Waals surface area contributed by atoms with Crippen LogP contribution < -0.4 is 5.32 Å². The van der Waals surface area contributed by atoms with Gasteiger partial charge < -0.3 is 5.32 Å². The minimum Gasteiger partial charge on any atom is -0.301 e. The van der Waals surface area contributed by atoms with Crippen molar-refractivity contribution in [1.29, 1.82) is 0 Å². The van der Waals surface area contributed by atoms with E-state index in [1.165, 1.54) is 32.7 Å². The molecule has 0 radical (unpaired) electrons. The molecule has 1 aliphatic carbocycles. The lowest BCUT2D eigenvalue weighted by Gasteiger charge is -2.15. The first-order valence-corrected chi connectivity index (χ1v) is 8.17. The summed E-state index contributed by atoms with van der Waals surface area (Å²) >= 11 is 1.83. The van der Waals surface area contributed by atoms with Crippen LogP contribution in [0.5, 0.6) is 0 Å². The first kappa shape index (κ1) is 12.8. The quantitative estimate of drug-likeness (QED) is 0.722. The van der Waals surface area contributed by atoms with Crippen molar-refractivity contribution in [2.45, 2.75) is 19.5 Å². The zero-order valence-electron chi connectivity index (χ0n) is 12.0. The van der Waals surface area contributed by atoms with Gasteiger partial charge in [-0.05, 0) is 46.2 Å². The number of thiophene rings is 1. The molecule has 4 rings (SSSR count). The van der Waals surface area contributed by atoms with Gasteiger partial charge in [-0.3, -0.25) is 0 Å². The summed E-state index contributed by atoms with van der Waals surface area (Å²) in [7, 11) is 0. The second-order valence-electron chi connectivity index (χ2n) is 5.52. The molecule has 0 aliphatic heterocycles. The predicted molar refractivity (Wildman–Crippen MR) is 89.6 cm³/mol. The summed E-state index contributed by atoms with van der Waals surface area (Å²) in [6.07, 6.45) is 0. The lowest BCUT2D eigenvalue weighted by Crippen LogP contribution is -2.19. The third kappa shape index (κ3) is 2.11. The van der Waals surface area contributed by atoms with E-state index in [2.05, 4.69) is 72.2 Å². The number of hydrogen-bond acceptors (Lipinski definition) is 2. The lowest BCUT2D eigenvalue weighted by molar-refractivity contribution is 0.619. The average Bonchev–Trinajstić information content (AvgIpc) is 3.07. The van der Waals surface area contributed by atoms with E-state index in [0.29, 0.717) is 6.04 Å². The Morgan fingerprint density at radius 3 is 2.10 bits per heavy atom. The molecule has 21 heavy (non-hydrogen) atoms. The predicted octanol–water partition coefficient (Wildman–Crippen LogP) is 4.92. The topological polar surface area (TPSA) is 12.0 Å². The molecule has 1 N–H and O–H groups in total. The average molecular weight is 291 g/mol. The van der Waals surface area contributed by atoms with Crippen molar-refractivity contribution in [1.82, 2.24) is 5.32 Å². The fourth-order valence-electron chi connectivity index (χ4n) is 3.16. The van der Waals surface area contributed by atoms with Crippen molar-refractivity contribution in [3.05, 3.63) is 81.5 Å². The van der Waals surface area contributed by atoms with Gasteiger partial charge in [0.1, 0.15) is 0 Å². The van der Waals surface area contributed by atoms with Gasteiger partial charge >= 0.3 is 0 Å². The summed E-state index contributed by atoms with van der Waals surface area (Å²) in [6.45, 7) is 3.11. The van der Waals surface area contributed by atoms with Crippen LogP contribution in [-0.4, -0.2) is 0 Å². The van der Waals surface area contributed by atoms with Crippen LogP contribution in [0.1, 0.15) is 27.6 Å². The molecular formula is C19H17NS. The second kappa shape index (κ2) is 5.14. The van der Waals surface area contributed by atoms with Crippen LogP contribution in [0.25, 0.3) is 11.1 Å². The van der Waals surface area contributed by atoms with Gasteiger partial charge in [0.05, 0.1) is 6.04 Å². The van der Waals surface area contributed by atoms with Gasteiger partial charge in [-0.2, -0.15) is 0 Å². The maximum atomic E-state index is 3.75. The summed E-state index contributed by atoms with van der Waals surface area (Å²) in [6, 6.07) is 20.0. The van der Waals surface area contributed by atoms with Crippen molar-refractivity contribution < 1.29 is 0 Å². The van der Waals surface area contributed by atoms with E-state index in [1.807, 2.05) is 11.3 Å². The molecule has 0 unspecified atom stereocenters. The zero-order valence-corrected chi connectivity index (χ0v) is 12.8. The molecule has 0 spiro atoms. The summed E-state index contributed by atoms with van der Waals surface area (Å²) in [5.41, 5.74) is 6.91. The van der Waals surface area contributed by atoms with E-state index >= 15 is 0 Å². The molecule has 0 atom stereocenters. The van der Waals surface area contributed by atoms with Gasteiger partial charge in [-0.25, -0.2) is 0 Å². The molecule has 2 aromatic carbocycles. The number of benzene rings is 2. The van der Waals surface area contributed by atoms with Crippen LogP contribution in [0.3, 0.4) is 0 Å². The van der Waals surface area contributed by atoms with Crippen LogP contribution in [0, 0.1) is 6.92 Å². The van der Waals surface area contributed by atoms with Crippen molar-refractivity contribution in [2.24, 2.45) is 0 Å². The monoisotopic (exact) mass is 291 g/mol. The lowest BCUT2D eigenvalue weighted by atomic mass is 10.1. The molecule has 1 nitrogen and oxygen atoms in total. The van der Waals surface area contributed by atoms with Gasteiger partial charge in [-0.15, -0.1) is 11.3 Å². The molecule has 1 aromatic heterocycles. The maximum absolute atomic E-state index is 3.75. The molecule has 0 saturated heterocycles. The standard InChI is InChI=1S/C19H17NS/c1-13-10-11-21-18(13)12-20-19-16-8-4-2-6-14(16)15-7-3-5-9-17(15)19/h2-11,19-20H,12H2,1H3. The van der Waals surface area contributed by atoms with Crippen molar-refractivity contribution in [2.75, 3.05) is 0 Å². The Bertz CT molecular complexity index is 742. The molecule has 1 heterocycles. The first-order chi connectivity index (χ1) is 10.3. The van der Waals surface area contributed by atoms with Crippen LogP contribution in [0.2, 0.25) is 0 Å². The molecule has 1 aliphatic rings. The highest BCUT2D eigenvalue weighted by Gasteiger charge is 2.27. The number of aryl methyl sites for hydroxylation is 1. The SMILES string of the molecule is Cc1ccsc1CNC1c2ccccc2-c2ccccc21. The Morgan fingerprint density at radius 1 is 0.905 bits per heavy atom. The summed E-state index contributed by atoms with van der Waals surface area (Å²) in [5, 5.41) is 5.92. The first-order valence-electron chi connectivity index (χ1n) is 7.29. The van der Waals surface area contributed by atoms with Crippen molar-refractivity contribution in [3.63, 3.8) is 0 Å².